The number of nitrogens with one attached hydrogen (secondary N) is 1. The number of hydrogen-bond acceptors (Lipinski definition) is 1. The third-order valence-electron chi connectivity index (χ3n) is 4.88. The van der Waals surface area contributed by atoms with Crippen molar-refractivity contribution < 1.29 is 4.39 Å². The summed E-state index contributed by atoms with van der Waals surface area (Å²) in [5, 5.41) is 3.62. The molecule has 0 saturated heterocycles. The average Bonchev–Trinajstić information content (AvgIpc) is 3.01. The van der Waals surface area contributed by atoms with Gasteiger partial charge in [-0.3, -0.25) is 0 Å². The van der Waals surface area contributed by atoms with Gasteiger partial charge in [0.15, 0.2) is 0 Å². The first-order valence-corrected chi connectivity index (χ1v) is 7.66. The molecule has 0 spiro atoms. The number of fused-ring (bicyclic) bond motifs is 1. The van der Waals surface area contributed by atoms with E-state index in [0.717, 1.165) is 31.3 Å². The van der Waals surface area contributed by atoms with Gasteiger partial charge in [-0.2, -0.15) is 0 Å². The Morgan fingerprint density at radius 1 is 1.21 bits per heavy atom. The number of rotatable bonds is 6. The Balaban J connectivity index is 1.67. The first-order chi connectivity index (χ1) is 9.21. The normalized spacial score (nSPS) is 32.3. The van der Waals surface area contributed by atoms with Gasteiger partial charge in [-0.25, -0.2) is 4.39 Å². The molecule has 1 nitrogen and oxygen atoms in total. The first-order valence-electron chi connectivity index (χ1n) is 7.66. The lowest BCUT2D eigenvalue weighted by Gasteiger charge is -2.31. The van der Waals surface area contributed by atoms with Crippen LogP contribution in [0, 0.1) is 23.1 Å². The molecule has 0 radical (unpaired) electrons. The zero-order valence-corrected chi connectivity index (χ0v) is 11.8. The van der Waals surface area contributed by atoms with E-state index in [1.807, 2.05) is 12.1 Å². The van der Waals surface area contributed by atoms with Gasteiger partial charge >= 0.3 is 0 Å². The fourth-order valence-electron chi connectivity index (χ4n) is 3.92. The van der Waals surface area contributed by atoms with Crippen LogP contribution in [0.4, 0.5) is 4.39 Å². The zero-order valence-electron chi connectivity index (χ0n) is 11.8. The third kappa shape index (κ3) is 3.00. The lowest BCUT2D eigenvalue weighted by atomic mass is 9.77. The molecular formula is C17H24FN. The number of halogens is 1. The van der Waals surface area contributed by atoms with E-state index in [0.29, 0.717) is 5.41 Å². The molecule has 2 fully saturated rings. The zero-order chi connectivity index (χ0) is 13.3. The molecule has 0 aromatic heterocycles. The SMILES string of the molecule is CCCNCC1(Cc2ccc(F)cc2)CC2CC2C1. The highest BCUT2D eigenvalue weighted by molar-refractivity contribution is 5.20. The summed E-state index contributed by atoms with van der Waals surface area (Å²) >= 11 is 0. The Morgan fingerprint density at radius 2 is 1.89 bits per heavy atom. The van der Waals surface area contributed by atoms with E-state index in [2.05, 4.69) is 12.2 Å². The van der Waals surface area contributed by atoms with Gasteiger partial charge in [0.1, 0.15) is 5.82 Å². The molecule has 19 heavy (non-hydrogen) atoms. The van der Waals surface area contributed by atoms with Crippen LogP contribution < -0.4 is 5.32 Å². The lowest BCUT2D eigenvalue weighted by molar-refractivity contribution is 0.249. The molecule has 2 saturated carbocycles. The van der Waals surface area contributed by atoms with Crippen LogP contribution in [0.1, 0.15) is 38.2 Å². The van der Waals surface area contributed by atoms with E-state index in [-0.39, 0.29) is 5.82 Å². The van der Waals surface area contributed by atoms with Crippen molar-refractivity contribution in [3.05, 3.63) is 35.6 Å². The van der Waals surface area contributed by atoms with Crippen molar-refractivity contribution in [1.82, 2.24) is 5.32 Å². The minimum atomic E-state index is -0.129. The fourth-order valence-corrected chi connectivity index (χ4v) is 3.92. The standard InChI is InChI=1S/C17H24FN/c1-2-7-19-12-17(10-14-8-15(14)11-17)9-13-3-5-16(18)6-4-13/h3-6,14-15,19H,2,7-12H2,1H3. The van der Waals surface area contributed by atoms with Gasteiger partial charge in [0.25, 0.3) is 0 Å². The van der Waals surface area contributed by atoms with Crippen LogP contribution in [0.5, 0.6) is 0 Å². The average molecular weight is 261 g/mol. The molecule has 2 unspecified atom stereocenters. The largest absolute Gasteiger partial charge is 0.316 e. The van der Waals surface area contributed by atoms with Crippen LogP contribution in [-0.4, -0.2) is 13.1 Å². The Labute approximate surface area is 115 Å². The second-order valence-corrected chi connectivity index (χ2v) is 6.64. The van der Waals surface area contributed by atoms with Crippen LogP contribution in [0.25, 0.3) is 0 Å². The van der Waals surface area contributed by atoms with Crippen molar-refractivity contribution in [2.75, 3.05) is 13.1 Å². The van der Waals surface area contributed by atoms with Gasteiger partial charge in [-0.05, 0) is 73.6 Å². The fraction of sp³-hybridized carbons (Fsp3) is 0.647. The van der Waals surface area contributed by atoms with Crippen molar-refractivity contribution in [3.63, 3.8) is 0 Å². The van der Waals surface area contributed by atoms with Crippen molar-refractivity contribution in [1.29, 1.82) is 0 Å². The van der Waals surface area contributed by atoms with E-state index >= 15 is 0 Å². The minimum absolute atomic E-state index is 0.129. The molecule has 3 rings (SSSR count). The summed E-state index contributed by atoms with van der Waals surface area (Å²) in [5.41, 5.74) is 1.72. The second kappa shape index (κ2) is 5.24. The highest BCUT2D eigenvalue weighted by Crippen LogP contribution is 2.60. The molecule has 0 heterocycles. The van der Waals surface area contributed by atoms with Gasteiger partial charge in [0, 0.05) is 6.54 Å². The first kappa shape index (κ1) is 13.1. The van der Waals surface area contributed by atoms with Crippen LogP contribution in [-0.2, 0) is 6.42 Å². The summed E-state index contributed by atoms with van der Waals surface area (Å²) in [6.45, 7) is 4.46. The van der Waals surface area contributed by atoms with Gasteiger partial charge in [0.2, 0.25) is 0 Å². The second-order valence-electron chi connectivity index (χ2n) is 6.64. The van der Waals surface area contributed by atoms with Crippen LogP contribution >= 0.6 is 0 Å². The highest BCUT2D eigenvalue weighted by Gasteiger charge is 2.53. The van der Waals surface area contributed by atoms with E-state index in [9.17, 15) is 4.39 Å². The van der Waals surface area contributed by atoms with Gasteiger partial charge in [-0.1, -0.05) is 19.1 Å². The minimum Gasteiger partial charge on any atom is -0.316 e. The van der Waals surface area contributed by atoms with Crippen LogP contribution in [0.15, 0.2) is 24.3 Å². The summed E-state index contributed by atoms with van der Waals surface area (Å²) in [7, 11) is 0. The van der Waals surface area contributed by atoms with Crippen molar-refractivity contribution in [2.45, 2.75) is 39.0 Å². The Bertz CT molecular complexity index is 415. The Morgan fingerprint density at radius 3 is 2.53 bits per heavy atom. The van der Waals surface area contributed by atoms with E-state index in [4.69, 9.17) is 0 Å². The molecule has 0 amide bonds. The molecule has 0 bridgehead atoms. The number of benzene rings is 1. The van der Waals surface area contributed by atoms with E-state index in [1.165, 1.54) is 31.2 Å². The Hall–Kier alpha value is -0.890. The van der Waals surface area contributed by atoms with E-state index in [1.54, 1.807) is 12.1 Å². The summed E-state index contributed by atoms with van der Waals surface area (Å²) in [6.07, 6.45) is 6.49. The monoisotopic (exact) mass is 261 g/mol. The highest BCUT2D eigenvalue weighted by atomic mass is 19.1. The molecule has 2 heteroatoms. The molecule has 1 aromatic carbocycles. The van der Waals surface area contributed by atoms with Crippen molar-refractivity contribution >= 4 is 0 Å². The van der Waals surface area contributed by atoms with Gasteiger partial charge < -0.3 is 5.32 Å². The van der Waals surface area contributed by atoms with E-state index < -0.39 is 0 Å². The molecule has 2 atom stereocenters. The molecular weight excluding hydrogens is 237 g/mol. The Kier molecular flexibility index (Phi) is 3.62. The smallest absolute Gasteiger partial charge is 0.123 e. The molecule has 104 valence electrons. The predicted molar refractivity (Wildman–Crippen MR) is 76.5 cm³/mol. The van der Waals surface area contributed by atoms with Crippen molar-refractivity contribution in [2.24, 2.45) is 17.3 Å². The summed E-state index contributed by atoms with van der Waals surface area (Å²) in [4.78, 5) is 0. The molecule has 0 aliphatic heterocycles. The quantitative estimate of drug-likeness (QED) is 0.768. The van der Waals surface area contributed by atoms with Crippen molar-refractivity contribution in [3.8, 4) is 0 Å². The lowest BCUT2D eigenvalue weighted by Crippen LogP contribution is -2.35. The van der Waals surface area contributed by atoms with Gasteiger partial charge in [-0.15, -0.1) is 0 Å². The van der Waals surface area contributed by atoms with Crippen LogP contribution in [0.3, 0.4) is 0 Å². The third-order valence-corrected chi connectivity index (χ3v) is 4.88. The summed E-state index contributed by atoms with van der Waals surface area (Å²) in [6, 6.07) is 7.11. The molecule has 1 aromatic rings. The molecule has 1 N–H and O–H groups in total. The maximum absolute atomic E-state index is 13.0. The number of hydrogen-bond donors (Lipinski definition) is 1. The van der Waals surface area contributed by atoms with Gasteiger partial charge in [0.05, 0.1) is 0 Å². The maximum Gasteiger partial charge on any atom is 0.123 e. The van der Waals surface area contributed by atoms with Crippen LogP contribution in [0.2, 0.25) is 0 Å². The summed E-state index contributed by atoms with van der Waals surface area (Å²) in [5.74, 6) is 1.85. The molecule has 2 aliphatic carbocycles. The topological polar surface area (TPSA) is 12.0 Å². The summed E-state index contributed by atoms with van der Waals surface area (Å²) < 4.78 is 13.0. The predicted octanol–water partition coefficient (Wildman–Crippen LogP) is 3.78. The maximum atomic E-state index is 13.0. The molecule has 2 aliphatic rings.